The van der Waals surface area contributed by atoms with Crippen molar-refractivity contribution in [2.75, 3.05) is 23.7 Å². The van der Waals surface area contributed by atoms with Crippen LogP contribution in [0.15, 0.2) is 84.6 Å². The van der Waals surface area contributed by atoms with Crippen molar-refractivity contribution in [2.24, 2.45) is 0 Å². The highest BCUT2D eigenvalue weighted by atomic mass is 127. The summed E-state index contributed by atoms with van der Waals surface area (Å²) in [6.07, 6.45) is 0.776. The maximum atomic E-state index is 13.0. The number of nitrogens with zero attached hydrogens (tertiary/aromatic N) is 2. The van der Waals surface area contributed by atoms with Crippen LogP contribution in [0.3, 0.4) is 0 Å². The van der Waals surface area contributed by atoms with E-state index in [0.717, 1.165) is 37.0 Å². The Labute approximate surface area is 336 Å². The molecule has 0 unspecified atom stereocenters. The van der Waals surface area contributed by atoms with Gasteiger partial charge < -0.3 is 15.2 Å². The molecule has 4 rings (SSSR count). The van der Waals surface area contributed by atoms with Crippen molar-refractivity contribution in [1.29, 1.82) is 0 Å². The lowest BCUT2D eigenvalue weighted by molar-refractivity contribution is 0.261. The first-order valence-corrected chi connectivity index (χ1v) is 22.1. The van der Waals surface area contributed by atoms with E-state index in [1.807, 2.05) is 24.3 Å². The molecule has 3 N–H and O–H groups in total. The number of nitrogens with one attached hydrogen (secondary N) is 3. The number of amides is 2. The fraction of sp³-hybridized carbons (Fsp3) is 0.310. The minimum absolute atomic E-state index is 0. The molecular formula is C29H35B6Cl3FI2N5OSi. The maximum absolute atomic E-state index is 13.0. The third kappa shape index (κ3) is 24.9. The standard InChI is InChI=1S/C19H20FN5O.C6H4.C3H9ISi.CHCl3.B6.HI/c20-13-5-7-14(8-6-13)22-19(26)24-18-23-16-3-1-2-4-17(16)25(18)15-9-11-21-12-10-15;1-3-5-6-4-2;1-5(2,3)4;2-1(3)4;1-5(2)6(3)4;/h1-8,15,21H,9-12H2,(H2,22,23,24,26);1-2H2;1-3H3;1H;;1H. The summed E-state index contributed by atoms with van der Waals surface area (Å²) in [4.78, 5) is 17.0. The topological polar surface area (TPSA) is 71.0 Å². The zero-order chi connectivity index (χ0) is 36.0. The van der Waals surface area contributed by atoms with E-state index in [4.69, 9.17) is 65.8 Å². The predicted octanol–water partition coefficient (Wildman–Crippen LogP) is 7.74. The van der Waals surface area contributed by atoms with E-state index in [9.17, 15) is 9.18 Å². The molecule has 3 aromatic rings. The number of hydrogen-bond acceptors (Lipinski definition) is 3. The number of urea groups is 1. The largest absolute Gasteiger partial charge is 0.326 e. The molecule has 246 valence electrons. The van der Waals surface area contributed by atoms with Crippen molar-refractivity contribution in [1.82, 2.24) is 14.9 Å². The van der Waals surface area contributed by atoms with Crippen LogP contribution in [0.2, 0.25) is 19.6 Å². The zero-order valence-corrected chi connectivity index (χ0v) is 34.8. The Morgan fingerprint density at radius 3 is 1.90 bits per heavy atom. The summed E-state index contributed by atoms with van der Waals surface area (Å²) in [6, 6.07) is 13.4. The summed E-state index contributed by atoms with van der Waals surface area (Å²) < 4.78 is 14.4. The quantitative estimate of drug-likeness (QED) is 0.0825. The van der Waals surface area contributed by atoms with Crippen molar-refractivity contribution in [3.05, 3.63) is 90.4 Å². The smallest absolute Gasteiger partial charge is 0.317 e. The van der Waals surface area contributed by atoms with E-state index in [1.54, 1.807) is 0 Å². The zero-order valence-electron chi connectivity index (χ0n) is 27.1. The molecule has 2 aromatic carbocycles. The lowest BCUT2D eigenvalue weighted by atomic mass is 8.81. The summed E-state index contributed by atoms with van der Waals surface area (Å²) in [5.41, 5.74) is 11.3. The second-order valence-corrected chi connectivity index (χ2v) is 26.3. The van der Waals surface area contributed by atoms with Crippen LogP contribution >= 0.6 is 80.6 Å². The summed E-state index contributed by atoms with van der Waals surface area (Å²) in [5, 5.41) is 8.92. The molecule has 0 aliphatic carbocycles. The third-order valence-electron chi connectivity index (χ3n) is 5.28. The second-order valence-electron chi connectivity index (χ2n) is 10.4. The van der Waals surface area contributed by atoms with Crippen molar-refractivity contribution >= 4 is 159 Å². The Hall–Kier alpha value is -1.13. The highest BCUT2D eigenvalue weighted by Gasteiger charge is 2.22. The highest BCUT2D eigenvalue weighted by Crippen LogP contribution is 2.29. The molecule has 19 heteroatoms. The van der Waals surface area contributed by atoms with Crippen LogP contribution in [0.5, 0.6) is 0 Å². The SMILES string of the molecule is C=C=C=C=C=C.C[Si](C)(C)I.ClC(Cl)Cl.I.O=C(Nc1ccc(F)cc1)Nc1nc2ccccc2n1C1CCNCC1.[B]B([B])B([B])[B]. The molecule has 1 aliphatic rings. The molecule has 48 heavy (non-hydrogen) atoms. The summed E-state index contributed by atoms with van der Waals surface area (Å²) in [7, 11) is 19.9. The van der Waals surface area contributed by atoms with Crippen LogP contribution in [-0.4, -0.2) is 82.3 Å². The number of halogens is 6. The highest BCUT2D eigenvalue weighted by molar-refractivity contribution is 14.1. The average Bonchev–Trinajstić information content (AvgIpc) is 3.34. The van der Waals surface area contributed by atoms with E-state index in [2.05, 4.69) is 103 Å². The molecule has 8 radical (unpaired) electrons. The average molecular weight is 942 g/mol. The van der Waals surface area contributed by atoms with E-state index in [0.29, 0.717) is 11.6 Å². The number of anilines is 2. The first-order chi connectivity index (χ1) is 22.0. The number of alkyl halides is 3. The molecule has 2 heterocycles. The first-order valence-electron chi connectivity index (χ1n) is 14.2. The number of imidazole rings is 1. The molecule has 1 aromatic heterocycles. The van der Waals surface area contributed by atoms with E-state index in [-0.39, 0.29) is 35.8 Å². The number of carbonyl (C=O) groups is 1. The molecule has 0 bridgehead atoms. The van der Waals surface area contributed by atoms with Gasteiger partial charge >= 0.3 is 6.03 Å². The van der Waals surface area contributed by atoms with Gasteiger partial charge in [-0.15, -0.1) is 45.8 Å². The van der Waals surface area contributed by atoms with Gasteiger partial charge in [0.15, 0.2) is 4.30 Å². The Morgan fingerprint density at radius 1 is 1.00 bits per heavy atom. The van der Waals surface area contributed by atoms with Crippen LogP contribution in [0.25, 0.3) is 11.0 Å². The number of benzene rings is 2. The van der Waals surface area contributed by atoms with Gasteiger partial charge in [0.1, 0.15) is 11.4 Å². The van der Waals surface area contributed by atoms with Crippen LogP contribution in [0.1, 0.15) is 18.9 Å². The van der Waals surface area contributed by atoms with Crippen LogP contribution in [0.4, 0.5) is 20.8 Å². The number of fused-ring (bicyclic) bond motifs is 1. The van der Waals surface area contributed by atoms with E-state index >= 15 is 0 Å². The van der Waals surface area contributed by atoms with Crippen molar-refractivity contribution in [3.8, 4) is 0 Å². The third-order valence-corrected chi connectivity index (χ3v) is 5.28. The fourth-order valence-electron chi connectivity index (χ4n) is 3.45. The Balaban J connectivity index is 0. The lowest BCUT2D eigenvalue weighted by Crippen LogP contribution is -2.38. The van der Waals surface area contributed by atoms with Gasteiger partial charge in [0.25, 0.3) is 0 Å². The Bertz CT molecular complexity index is 1470. The molecule has 0 saturated carbocycles. The van der Waals surface area contributed by atoms with Gasteiger partial charge in [0, 0.05) is 55.4 Å². The van der Waals surface area contributed by atoms with E-state index < -0.39 is 28.7 Å². The minimum atomic E-state index is -0.750. The van der Waals surface area contributed by atoms with Crippen LogP contribution < -0.4 is 16.0 Å². The van der Waals surface area contributed by atoms with Crippen molar-refractivity contribution in [2.45, 2.75) is 42.8 Å². The molecule has 0 atom stereocenters. The molecule has 6 nitrogen and oxygen atoms in total. The normalized spacial score (nSPS) is 11.5. The Kier molecular flexibility index (Phi) is 28.1. The fourth-order valence-corrected chi connectivity index (χ4v) is 3.45. The maximum Gasteiger partial charge on any atom is 0.326 e. The monoisotopic (exact) mass is 941 g/mol. The predicted molar refractivity (Wildman–Crippen MR) is 234 cm³/mol. The number of carbonyl (C=O) groups excluding carboxylic acids is 1. The van der Waals surface area contributed by atoms with Crippen LogP contribution in [0, 0.1) is 5.82 Å². The van der Waals surface area contributed by atoms with Gasteiger partial charge in [-0.2, -0.15) is 0 Å². The molecular weight excluding hydrogens is 906 g/mol. The molecule has 2 amide bonds. The van der Waals surface area contributed by atoms with Crippen LogP contribution in [-0.2, 0) is 0 Å². The van der Waals surface area contributed by atoms with Gasteiger partial charge in [-0.05, 0) is 86.9 Å². The number of aromatic nitrogens is 2. The van der Waals surface area contributed by atoms with Gasteiger partial charge in [0.2, 0.25) is 5.95 Å². The molecule has 1 fully saturated rings. The summed E-state index contributed by atoms with van der Waals surface area (Å²) in [5.74, 6) is 0.182. The minimum Gasteiger partial charge on any atom is -0.317 e. The summed E-state index contributed by atoms with van der Waals surface area (Å²) >= 11 is 16.9. The second kappa shape index (κ2) is 27.6. The Morgan fingerprint density at radius 2 is 1.46 bits per heavy atom. The molecule has 1 aliphatic heterocycles. The molecule has 1 saturated heterocycles. The molecule has 0 spiro atoms. The lowest BCUT2D eigenvalue weighted by Gasteiger charge is -2.26. The number of piperidine rings is 1. The van der Waals surface area contributed by atoms with Gasteiger partial charge in [0.05, 0.1) is 11.0 Å². The van der Waals surface area contributed by atoms with Crippen molar-refractivity contribution < 1.29 is 9.18 Å². The van der Waals surface area contributed by atoms with Gasteiger partial charge in [-0.3, -0.25) is 5.32 Å². The van der Waals surface area contributed by atoms with Crippen molar-refractivity contribution in [3.63, 3.8) is 0 Å². The first kappa shape index (κ1) is 49.0. The number of rotatable bonds is 4. The number of para-hydroxylation sites is 2. The van der Waals surface area contributed by atoms with Gasteiger partial charge in [-0.25, -0.2) is 14.2 Å². The van der Waals surface area contributed by atoms with Gasteiger partial charge in [-0.1, -0.05) is 78.0 Å². The van der Waals surface area contributed by atoms with E-state index in [1.165, 1.54) is 24.3 Å². The summed E-state index contributed by atoms with van der Waals surface area (Å²) in [6.45, 7) is 15.3. The number of hydrogen-bond donors (Lipinski definition) is 3.